The first-order valence-corrected chi connectivity index (χ1v) is 7.56. The van der Waals surface area contributed by atoms with E-state index in [0.717, 1.165) is 15.6 Å². The Balaban J connectivity index is 1.79. The Kier molecular flexibility index (Phi) is 2.79. The molecule has 0 bridgehead atoms. The highest BCUT2D eigenvalue weighted by atomic mass is 32.1. The molecule has 0 N–H and O–H groups in total. The summed E-state index contributed by atoms with van der Waals surface area (Å²) in [6, 6.07) is 12.1. The number of ketones is 1. The number of thiophene rings is 1. The van der Waals surface area contributed by atoms with Crippen molar-refractivity contribution >= 4 is 27.2 Å². The van der Waals surface area contributed by atoms with Crippen LogP contribution in [0, 0.1) is 5.82 Å². The van der Waals surface area contributed by atoms with Gasteiger partial charge in [0, 0.05) is 16.3 Å². The van der Waals surface area contributed by atoms with E-state index in [1.54, 1.807) is 11.3 Å². The second kappa shape index (κ2) is 4.67. The molecule has 3 aromatic rings. The minimum absolute atomic E-state index is 0.00321. The standard InChI is InChI=1S/C17H11FO2S/c18-10-5-6-12-14(19)8-16(20-15(12)7-10)13-9-21-17-4-2-1-3-11(13)17/h1-7,9,16H,8H2. The summed E-state index contributed by atoms with van der Waals surface area (Å²) < 4.78 is 20.4. The van der Waals surface area contributed by atoms with E-state index in [0.29, 0.717) is 17.7 Å². The summed E-state index contributed by atoms with van der Waals surface area (Å²) in [6.07, 6.45) is -0.0535. The van der Waals surface area contributed by atoms with Crippen molar-refractivity contribution in [3.8, 4) is 5.75 Å². The van der Waals surface area contributed by atoms with Gasteiger partial charge in [-0.25, -0.2) is 4.39 Å². The summed E-state index contributed by atoms with van der Waals surface area (Å²) in [6.45, 7) is 0. The molecule has 104 valence electrons. The molecule has 2 heterocycles. The van der Waals surface area contributed by atoms with E-state index in [4.69, 9.17) is 4.74 Å². The number of carbonyl (C=O) groups is 1. The molecule has 0 aliphatic carbocycles. The first-order valence-electron chi connectivity index (χ1n) is 6.68. The Morgan fingerprint density at radius 1 is 1.19 bits per heavy atom. The van der Waals surface area contributed by atoms with Crippen LogP contribution >= 0.6 is 11.3 Å². The van der Waals surface area contributed by atoms with E-state index < -0.39 is 5.82 Å². The molecular weight excluding hydrogens is 287 g/mol. The maximum Gasteiger partial charge on any atom is 0.170 e. The lowest BCUT2D eigenvalue weighted by Crippen LogP contribution is -2.20. The lowest BCUT2D eigenvalue weighted by atomic mass is 9.96. The number of hydrogen-bond acceptors (Lipinski definition) is 3. The normalized spacial score (nSPS) is 17.6. The van der Waals surface area contributed by atoms with E-state index in [-0.39, 0.29) is 11.9 Å². The zero-order chi connectivity index (χ0) is 14.4. The number of ether oxygens (including phenoxy) is 1. The van der Waals surface area contributed by atoms with Crippen molar-refractivity contribution in [1.29, 1.82) is 0 Å². The highest BCUT2D eigenvalue weighted by Crippen LogP contribution is 2.39. The number of carbonyl (C=O) groups excluding carboxylic acids is 1. The molecule has 1 unspecified atom stereocenters. The smallest absolute Gasteiger partial charge is 0.170 e. The van der Waals surface area contributed by atoms with Gasteiger partial charge < -0.3 is 4.74 Å². The highest BCUT2D eigenvalue weighted by Gasteiger charge is 2.29. The van der Waals surface area contributed by atoms with Gasteiger partial charge in [0.1, 0.15) is 17.7 Å². The van der Waals surface area contributed by atoms with E-state index in [1.165, 1.54) is 18.2 Å². The SMILES string of the molecule is O=C1CC(c2csc3ccccc23)Oc2cc(F)ccc21. The van der Waals surface area contributed by atoms with E-state index in [1.807, 2.05) is 29.6 Å². The molecule has 21 heavy (non-hydrogen) atoms. The number of benzene rings is 2. The number of fused-ring (bicyclic) bond motifs is 2. The fourth-order valence-electron chi connectivity index (χ4n) is 2.72. The molecule has 4 heteroatoms. The maximum atomic E-state index is 13.4. The van der Waals surface area contributed by atoms with Crippen LogP contribution in [0.1, 0.15) is 28.4 Å². The molecule has 1 aliphatic heterocycles. The van der Waals surface area contributed by atoms with Crippen LogP contribution in [0.15, 0.2) is 47.8 Å². The molecule has 0 fully saturated rings. The topological polar surface area (TPSA) is 26.3 Å². The number of Topliss-reactive ketones (excluding diaryl/α,β-unsaturated/α-hetero) is 1. The van der Waals surface area contributed by atoms with E-state index >= 15 is 0 Å². The lowest BCUT2D eigenvalue weighted by molar-refractivity contribution is 0.0851. The minimum Gasteiger partial charge on any atom is -0.484 e. The number of hydrogen-bond donors (Lipinski definition) is 0. The molecule has 0 saturated heterocycles. The average molecular weight is 298 g/mol. The Morgan fingerprint density at radius 3 is 2.95 bits per heavy atom. The number of rotatable bonds is 1. The fraction of sp³-hybridized carbons (Fsp3) is 0.118. The van der Waals surface area contributed by atoms with Crippen molar-refractivity contribution in [2.75, 3.05) is 0 Å². The summed E-state index contributed by atoms with van der Waals surface area (Å²) in [4.78, 5) is 12.2. The molecule has 1 aliphatic rings. The van der Waals surface area contributed by atoms with Crippen LogP contribution in [0.3, 0.4) is 0 Å². The molecule has 4 rings (SSSR count). The molecule has 0 saturated carbocycles. The van der Waals surface area contributed by atoms with E-state index in [2.05, 4.69) is 0 Å². The third kappa shape index (κ3) is 2.03. The van der Waals surface area contributed by atoms with Gasteiger partial charge in [-0.1, -0.05) is 18.2 Å². The molecule has 0 radical (unpaired) electrons. The molecule has 2 nitrogen and oxygen atoms in total. The summed E-state index contributed by atoms with van der Waals surface area (Å²) in [7, 11) is 0. The summed E-state index contributed by atoms with van der Waals surface area (Å²) in [5, 5.41) is 3.12. The van der Waals surface area contributed by atoms with Crippen LogP contribution in [0.4, 0.5) is 4.39 Å². The fourth-order valence-corrected chi connectivity index (χ4v) is 3.72. The van der Waals surface area contributed by atoms with Crippen LogP contribution in [0.2, 0.25) is 0 Å². The van der Waals surface area contributed by atoms with Gasteiger partial charge in [0.15, 0.2) is 5.78 Å². The van der Waals surface area contributed by atoms with Gasteiger partial charge >= 0.3 is 0 Å². The van der Waals surface area contributed by atoms with Gasteiger partial charge in [-0.3, -0.25) is 4.79 Å². The van der Waals surface area contributed by atoms with Gasteiger partial charge in [-0.15, -0.1) is 11.3 Å². The first kappa shape index (κ1) is 12.5. The summed E-state index contributed by atoms with van der Waals surface area (Å²) in [5.74, 6) is -0.0551. The Hall–Kier alpha value is -2.20. The molecular formula is C17H11FO2S. The van der Waals surface area contributed by atoms with Gasteiger partial charge in [0.05, 0.1) is 12.0 Å². The van der Waals surface area contributed by atoms with Crippen molar-refractivity contribution < 1.29 is 13.9 Å². The minimum atomic E-state index is -0.391. The monoisotopic (exact) mass is 298 g/mol. The highest BCUT2D eigenvalue weighted by molar-refractivity contribution is 7.17. The zero-order valence-electron chi connectivity index (χ0n) is 11.0. The molecule has 0 amide bonds. The van der Waals surface area contributed by atoms with Gasteiger partial charge in [0.25, 0.3) is 0 Å². The van der Waals surface area contributed by atoms with Crippen molar-refractivity contribution in [3.05, 3.63) is 64.8 Å². The van der Waals surface area contributed by atoms with Crippen LogP contribution in [0.25, 0.3) is 10.1 Å². The van der Waals surface area contributed by atoms with Crippen molar-refractivity contribution in [1.82, 2.24) is 0 Å². The Morgan fingerprint density at radius 2 is 2.05 bits per heavy atom. The van der Waals surface area contributed by atoms with Crippen molar-refractivity contribution in [2.24, 2.45) is 0 Å². The molecule has 1 aromatic heterocycles. The Labute approximate surface area is 124 Å². The summed E-state index contributed by atoms with van der Waals surface area (Å²) >= 11 is 1.63. The van der Waals surface area contributed by atoms with Crippen LogP contribution < -0.4 is 4.74 Å². The zero-order valence-corrected chi connectivity index (χ0v) is 11.8. The predicted molar refractivity (Wildman–Crippen MR) is 80.5 cm³/mol. The Bertz CT molecular complexity index is 853. The molecule has 0 spiro atoms. The quantitative estimate of drug-likeness (QED) is 0.648. The third-order valence-electron chi connectivity index (χ3n) is 3.74. The second-order valence-electron chi connectivity index (χ2n) is 5.06. The van der Waals surface area contributed by atoms with Gasteiger partial charge in [0.2, 0.25) is 0 Å². The van der Waals surface area contributed by atoms with Crippen LogP contribution in [0.5, 0.6) is 5.75 Å². The second-order valence-corrected chi connectivity index (χ2v) is 5.97. The molecule has 1 atom stereocenters. The summed E-state index contributed by atoms with van der Waals surface area (Å²) in [5.41, 5.74) is 1.46. The maximum absolute atomic E-state index is 13.4. The van der Waals surface area contributed by atoms with Crippen LogP contribution in [-0.2, 0) is 0 Å². The third-order valence-corrected chi connectivity index (χ3v) is 4.72. The van der Waals surface area contributed by atoms with Crippen molar-refractivity contribution in [2.45, 2.75) is 12.5 Å². The van der Waals surface area contributed by atoms with Crippen molar-refractivity contribution in [3.63, 3.8) is 0 Å². The predicted octanol–water partition coefficient (Wildman–Crippen LogP) is 4.75. The largest absolute Gasteiger partial charge is 0.484 e. The van der Waals surface area contributed by atoms with Gasteiger partial charge in [-0.05, 0) is 29.0 Å². The lowest BCUT2D eigenvalue weighted by Gasteiger charge is -2.25. The first-order chi connectivity index (χ1) is 10.2. The average Bonchev–Trinajstić information content (AvgIpc) is 2.90. The number of halogens is 1. The molecule has 2 aromatic carbocycles. The van der Waals surface area contributed by atoms with E-state index in [9.17, 15) is 9.18 Å². The van der Waals surface area contributed by atoms with Gasteiger partial charge in [-0.2, -0.15) is 0 Å². The van der Waals surface area contributed by atoms with Crippen LogP contribution in [-0.4, -0.2) is 5.78 Å².